The van der Waals surface area contributed by atoms with E-state index in [9.17, 15) is 17.8 Å². The first kappa shape index (κ1) is 47.8. The Balaban J connectivity index is 1.51. The molecule has 4 aliphatic carbocycles. The van der Waals surface area contributed by atoms with E-state index in [0.717, 1.165) is 90.6 Å². The monoisotopic (exact) mass is 813 g/mol. The average Bonchev–Trinajstić information content (AvgIpc) is 3.52. The van der Waals surface area contributed by atoms with Crippen LogP contribution in [0.5, 0.6) is 0 Å². The molecule has 11 nitrogen and oxygen atoms in total. The number of nitrogens with one attached hydrogen (secondary N) is 4. The van der Waals surface area contributed by atoms with Gasteiger partial charge >= 0.3 is 0 Å². The van der Waals surface area contributed by atoms with Gasteiger partial charge in [0.05, 0.1) is 25.0 Å². The number of amides is 1. The molecule has 4 saturated carbocycles. The molecule has 12 heteroatoms. The van der Waals surface area contributed by atoms with Crippen molar-refractivity contribution in [2.45, 2.75) is 169 Å². The molecule has 0 radical (unpaired) electrons. The van der Waals surface area contributed by atoms with Crippen molar-refractivity contribution >= 4 is 16.0 Å². The van der Waals surface area contributed by atoms with Crippen molar-refractivity contribution < 1.29 is 32.0 Å². The Hall–Kier alpha value is -0.860. The zero-order valence-electron chi connectivity index (χ0n) is 36.4. The van der Waals surface area contributed by atoms with Gasteiger partial charge in [0.25, 0.3) is 10.1 Å². The summed E-state index contributed by atoms with van der Waals surface area (Å²) < 4.78 is 52.2. The lowest BCUT2D eigenvalue weighted by atomic mass is 9.43. The minimum Gasteiger partial charge on any atom is -0.378 e. The second-order valence-corrected chi connectivity index (χ2v) is 20.0. The van der Waals surface area contributed by atoms with Crippen molar-refractivity contribution in [1.29, 1.82) is 0 Å². The van der Waals surface area contributed by atoms with E-state index in [1.165, 1.54) is 38.5 Å². The summed E-state index contributed by atoms with van der Waals surface area (Å²) in [5, 5.41) is 12.9. The quantitative estimate of drug-likeness (QED) is 0.0310. The summed E-state index contributed by atoms with van der Waals surface area (Å²) in [6.45, 7) is 20.0. The number of fused-ring (bicyclic) bond motifs is 5. The molecule has 0 saturated heterocycles. The Morgan fingerprint density at radius 1 is 0.804 bits per heavy atom. The van der Waals surface area contributed by atoms with Crippen molar-refractivity contribution in [2.24, 2.45) is 46.3 Å². The van der Waals surface area contributed by atoms with Crippen LogP contribution in [0.15, 0.2) is 0 Å². The van der Waals surface area contributed by atoms with Gasteiger partial charge in [0, 0.05) is 31.6 Å². The van der Waals surface area contributed by atoms with Crippen LogP contribution in [0.2, 0.25) is 0 Å². The number of hydrogen-bond acceptors (Lipinski definition) is 9. The first-order valence-electron chi connectivity index (χ1n) is 23.1. The second-order valence-electron chi connectivity index (χ2n) is 18.5. The maximum atomic E-state index is 13.0. The lowest BCUT2D eigenvalue weighted by molar-refractivity contribution is -0.227. The molecule has 56 heavy (non-hydrogen) atoms. The summed E-state index contributed by atoms with van der Waals surface area (Å²) >= 11 is 0. The van der Waals surface area contributed by atoms with Crippen LogP contribution in [0, 0.1) is 46.3 Å². The fourth-order valence-electron chi connectivity index (χ4n) is 11.9. The Bertz CT molecular complexity index is 1240. The molecule has 0 bridgehead atoms. The minimum absolute atomic E-state index is 0.0122. The van der Waals surface area contributed by atoms with Gasteiger partial charge in [0.2, 0.25) is 5.91 Å². The van der Waals surface area contributed by atoms with Gasteiger partial charge in [0.1, 0.15) is 5.88 Å². The van der Waals surface area contributed by atoms with Crippen LogP contribution in [0.4, 0.5) is 0 Å². The number of carbonyl (C=O) groups is 1. The van der Waals surface area contributed by atoms with E-state index in [2.05, 4.69) is 62.8 Å². The predicted octanol–water partition coefficient (Wildman–Crippen LogP) is 7.31. The SMILES string of the molecule is CCCCCCCCNC(=O)CC[C@@H](C)[C@H]1CC[C@H]2[C@@H]3[C@H](OCCCNCS(=O)(=O)O)C[C@@H]4C[C@H](OCNCC)CC[C@]4(C)[C@H]3C[C@H](OCCCNCC)[C@]12C. The highest BCUT2D eigenvalue weighted by molar-refractivity contribution is 7.85. The van der Waals surface area contributed by atoms with Crippen LogP contribution >= 0.6 is 0 Å². The molecule has 0 aromatic rings. The second kappa shape index (κ2) is 23.8. The third-order valence-electron chi connectivity index (χ3n) is 15.0. The third-order valence-corrected chi connectivity index (χ3v) is 15.5. The molecule has 0 aliphatic heterocycles. The molecule has 328 valence electrons. The molecule has 1 amide bonds. The van der Waals surface area contributed by atoms with Gasteiger partial charge < -0.3 is 30.2 Å². The predicted molar refractivity (Wildman–Crippen MR) is 226 cm³/mol. The molecule has 0 heterocycles. The molecule has 0 unspecified atom stereocenters. The van der Waals surface area contributed by atoms with E-state index < -0.39 is 16.0 Å². The first-order valence-corrected chi connectivity index (χ1v) is 24.7. The maximum absolute atomic E-state index is 13.0. The molecule has 0 spiro atoms. The molecule has 4 fully saturated rings. The summed E-state index contributed by atoms with van der Waals surface area (Å²) in [6, 6.07) is 0. The Labute approximate surface area is 342 Å². The highest BCUT2D eigenvalue weighted by atomic mass is 32.2. The van der Waals surface area contributed by atoms with Crippen LogP contribution in [0.25, 0.3) is 0 Å². The Kier molecular flexibility index (Phi) is 20.3. The van der Waals surface area contributed by atoms with Crippen molar-refractivity contribution in [3.05, 3.63) is 0 Å². The molecular weight excluding hydrogens is 729 g/mol. The minimum atomic E-state index is -4.05. The van der Waals surface area contributed by atoms with Gasteiger partial charge in [0.15, 0.2) is 0 Å². The fourth-order valence-corrected chi connectivity index (χ4v) is 12.3. The molecule has 11 atom stereocenters. The Morgan fingerprint density at radius 2 is 1.52 bits per heavy atom. The number of unbranched alkanes of at least 4 members (excludes halogenated alkanes) is 5. The van der Waals surface area contributed by atoms with Gasteiger partial charge in [-0.15, -0.1) is 0 Å². The fraction of sp³-hybridized carbons (Fsp3) is 0.977. The largest absolute Gasteiger partial charge is 0.378 e. The number of ether oxygens (including phenoxy) is 3. The van der Waals surface area contributed by atoms with Crippen molar-refractivity contribution in [3.63, 3.8) is 0 Å². The van der Waals surface area contributed by atoms with Crippen molar-refractivity contribution in [1.82, 2.24) is 21.3 Å². The summed E-state index contributed by atoms with van der Waals surface area (Å²) in [7, 11) is -4.05. The highest BCUT2D eigenvalue weighted by Crippen LogP contribution is 2.69. The molecule has 0 aromatic carbocycles. The molecule has 4 rings (SSSR count). The van der Waals surface area contributed by atoms with Crippen molar-refractivity contribution in [3.8, 4) is 0 Å². The van der Waals surface area contributed by atoms with Gasteiger partial charge in [-0.1, -0.05) is 73.6 Å². The van der Waals surface area contributed by atoms with E-state index >= 15 is 0 Å². The highest BCUT2D eigenvalue weighted by Gasteiger charge is 2.66. The summed E-state index contributed by atoms with van der Waals surface area (Å²) in [5.41, 5.74) is 0.172. The summed E-state index contributed by atoms with van der Waals surface area (Å²) in [5.74, 6) is 2.52. The van der Waals surface area contributed by atoms with E-state index in [1.54, 1.807) is 0 Å². The lowest BCUT2D eigenvalue weighted by Crippen LogP contribution is -2.63. The Morgan fingerprint density at radius 3 is 2.25 bits per heavy atom. The van der Waals surface area contributed by atoms with E-state index in [0.29, 0.717) is 68.2 Å². The molecular formula is C44H84N4O7S. The van der Waals surface area contributed by atoms with Crippen molar-refractivity contribution in [2.75, 3.05) is 58.5 Å². The number of hydrogen-bond donors (Lipinski definition) is 5. The van der Waals surface area contributed by atoms with E-state index in [-0.39, 0.29) is 35.0 Å². The molecule has 0 aromatic heterocycles. The normalized spacial score (nSPS) is 33.4. The van der Waals surface area contributed by atoms with Crippen LogP contribution in [0.1, 0.15) is 151 Å². The number of rotatable bonds is 28. The zero-order valence-corrected chi connectivity index (χ0v) is 37.2. The van der Waals surface area contributed by atoms with E-state index in [1.807, 2.05) is 0 Å². The van der Waals surface area contributed by atoms with Crippen LogP contribution in [-0.2, 0) is 29.1 Å². The summed E-state index contributed by atoms with van der Waals surface area (Å²) in [4.78, 5) is 13.0. The van der Waals surface area contributed by atoms with E-state index in [4.69, 9.17) is 14.2 Å². The summed E-state index contributed by atoms with van der Waals surface area (Å²) in [6.07, 6.45) is 18.8. The molecule has 4 aliphatic rings. The van der Waals surface area contributed by atoms with Crippen LogP contribution < -0.4 is 21.3 Å². The smallest absolute Gasteiger partial charge is 0.278 e. The first-order chi connectivity index (χ1) is 26.9. The zero-order chi connectivity index (χ0) is 40.6. The standard InChI is InChI=1S/C44H84N4O7S/c1-7-10-11-12-13-14-25-48-41(49)20-17-33(4)36-18-19-37-42-38(30-40(44(36,37)6)54-27-15-23-45-8-2)43(5)22-21-35(55-31-46-9-3)28-34(43)29-39(42)53-26-16-24-47-32-56(50,51)52/h33-40,42,45-47H,7-32H2,1-6H3,(H,48,49)(H,50,51,52)/t33-,34+,35-,36-,37+,38+,39-,40+,42+,43+,44-/m1/s1. The average molecular weight is 813 g/mol. The van der Waals surface area contributed by atoms with Gasteiger partial charge in [-0.25, -0.2) is 0 Å². The van der Waals surface area contributed by atoms with Gasteiger partial charge in [-0.05, 0) is 138 Å². The maximum Gasteiger partial charge on any atom is 0.278 e. The third kappa shape index (κ3) is 13.3. The lowest BCUT2D eigenvalue weighted by Gasteiger charge is -2.65. The topological polar surface area (TPSA) is 147 Å². The van der Waals surface area contributed by atoms with Gasteiger partial charge in [-0.3, -0.25) is 14.7 Å². The van der Waals surface area contributed by atoms with Crippen LogP contribution in [-0.4, -0.2) is 95.7 Å². The molecule has 5 N–H and O–H groups in total. The number of carbonyl (C=O) groups excluding carboxylic acids is 1. The van der Waals surface area contributed by atoms with Crippen LogP contribution in [0.3, 0.4) is 0 Å². The van der Waals surface area contributed by atoms with Gasteiger partial charge in [-0.2, -0.15) is 8.42 Å².